The zero-order valence-corrected chi connectivity index (χ0v) is 11.3. The Morgan fingerprint density at radius 2 is 2.06 bits per heavy atom. The summed E-state index contributed by atoms with van der Waals surface area (Å²) in [6.07, 6.45) is 1.13. The van der Waals surface area contributed by atoms with E-state index in [1.54, 1.807) is 11.8 Å². The van der Waals surface area contributed by atoms with E-state index in [9.17, 15) is 0 Å². The Labute approximate surface area is 107 Å². The van der Waals surface area contributed by atoms with Crippen LogP contribution < -0.4 is 10.9 Å². The minimum Gasteiger partial charge on any atom is -0.306 e. The van der Waals surface area contributed by atoms with Gasteiger partial charge < -0.3 is 5.43 Å². The predicted molar refractivity (Wildman–Crippen MR) is 76.4 cm³/mol. The average Bonchev–Trinajstić information content (AvgIpc) is 2.30. The first kappa shape index (κ1) is 13.5. The molecule has 16 heavy (non-hydrogen) atoms. The number of hydrogen-bond donors (Lipinski definition) is 2. The maximum atomic E-state index is 5.20. The van der Waals surface area contributed by atoms with Crippen molar-refractivity contribution in [2.45, 2.75) is 32.1 Å². The summed E-state index contributed by atoms with van der Waals surface area (Å²) in [4.78, 5) is 0. The molecule has 1 aromatic carbocycles. The van der Waals surface area contributed by atoms with Gasteiger partial charge in [0.15, 0.2) is 0 Å². The van der Waals surface area contributed by atoms with E-state index >= 15 is 0 Å². The van der Waals surface area contributed by atoms with E-state index in [-0.39, 0.29) is 0 Å². The highest BCUT2D eigenvalue weighted by Crippen LogP contribution is 2.13. The van der Waals surface area contributed by atoms with Crippen molar-refractivity contribution in [3.8, 4) is 0 Å². The molecule has 0 fully saturated rings. The van der Waals surface area contributed by atoms with Crippen LogP contribution in [0.4, 0.5) is 0 Å². The number of hydrogen-bond acceptors (Lipinski definition) is 3. The second kappa shape index (κ2) is 7.65. The lowest BCUT2D eigenvalue weighted by molar-refractivity contribution is 0.663. The number of thiocarbonyl (C=S) groups is 1. The van der Waals surface area contributed by atoms with E-state index in [0.29, 0.717) is 5.25 Å². The number of hydrazine groups is 1. The summed E-state index contributed by atoms with van der Waals surface area (Å²) < 4.78 is 0.810. The summed E-state index contributed by atoms with van der Waals surface area (Å²) in [5.74, 6) is 0. The topological polar surface area (TPSA) is 24.1 Å². The molecule has 88 valence electrons. The van der Waals surface area contributed by atoms with Crippen molar-refractivity contribution in [1.82, 2.24) is 10.9 Å². The molecule has 0 spiro atoms. The summed E-state index contributed by atoms with van der Waals surface area (Å²) in [5.41, 5.74) is 7.40. The van der Waals surface area contributed by atoms with Crippen LogP contribution in [-0.2, 0) is 6.54 Å². The molecule has 0 aliphatic carbocycles. The molecule has 1 atom stereocenters. The molecule has 0 aliphatic heterocycles. The third-order valence-corrected chi connectivity index (χ3v) is 3.65. The van der Waals surface area contributed by atoms with Crippen LogP contribution in [0.5, 0.6) is 0 Å². The molecule has 1 rings (SSSR count). The van der Waals surface area contributed by atoms with Crippen molar-refractivity contribution >= 4 is 28.3 Å². The van der Waals surface area contributed by atoms with E-state index in [0.717, 1.165) is 17.3 Å². The molecule has 0 bridgehead atoms. The lowest BCUT2D eigenvalue weighted by atomic mass is 10.2. The highest BCUT2D eigenvalue weighted by Gasteiger charge is 2.03. The van der Waals surface area contributed by atoms with Crippen molar-refractivity contribution in [2.24, 2.45) is 0 Å². The van der Waals surface area contributed by atoms with Gasteiger partial charge in [0, 0.05) is 11.8 Å². The second-order valence-corrected chi connectivity index (χ2v) is 5.70. The predicted octanol–water partition coefficient (Wildman–Crippen LogP) is 3.10. The summed E-state index contributed by atoms with van der Waals surface area (Å²) in [6.45, 7) is 5.12. The molecule has 2 N–H and O–H groups in total. The monoisotopic (exact) mass is 254 g/mol. The molecule has 0 heterocycles. The van der Waals surface area contributed by atoms with E-state index in [1.807, 2.05) is 18.2 Å². The first-order valence-electron chi connectivity index (χ1n) is 5.45. The smallest absolute Gasteiger partial charge is 0.148 e. The number of thioether (sulfide) groups is 1. The molecular weight excluding hydrogens is 236 g/mol. The van der Waals surface area contributed by atoms with Crippen LogP contribution in [0.25, 0.3) is 0 Å². The maximum absolute atomic E-state index is 5.20. The standard InChI is InChI=1S/C12H18N2S2/c1-3-10(2)16-12(15)14-13-9-11-7-5-4-6-8-11/h4-8,10,13H,3,9H2,1-2H3,(H,14,15). The summed E-state index contributed by atoms with van der Waals surface area (Å²) in [5, 5.41) is 0.568. The summed E-state index contributed by atoms with van der Waals surface area (Å²) in [6, 6.07) is 10.2. The van der Waals surface area contributed by atoms with Gasteiger partial charge >= 0.3 is 0 Å². The van der Waals surface area contributed by atoms with Crippen LogP contribution >= 0.6 is 24.0 Å². The minimum absolute atomic E-state index is 0.568. The number of rotatable bonds is 5. The van der Waals surface area contributed by atoms with Crippen LogP contribution in [0.1, 0.15) is 25.8 Å². The minimum atomic E-state index is 0.568. The quantitative estimate of drug-likeness (QED) is 0.623. The summed E-state index contributed by atoms with van der Waals surface area (Å²) in [7, 11) is 0. The van der Waals surface area contributed by atoms with Crippen molar-refractivity contribution < 1.29 is 0 Å². The molecule has 2 nitrogen and oxygen atoms in total. The largest absolute Gasteiger partial charge is 0.306 e. The van der Waals surface area contributed by atoms with Gasteiger partial charge in [-0.05, 0) is 12.0 Å². The third kappa shape index (κ3) is 5.49. The Bertz CT molecular complexity index is 314. The second-order valence-electron chi connectivity index (χ2n) is 3.59. The van der Waals surface area contributed by atoms with E-state index in [1.165, 1.54) is 5.56 Å². The van der Waals surface area contributed by atoms with Crippen molar-refractivity contribution in [3.63, 3.8) is 0 Å². The van der Waals surface area contributed by atoms with E-state index in [4.69, 9.17) is 12.2 Å². The Morgan fingerprint density at radius 3 is 2.69 bits per heavy atom. The van der Waals surface area contributed by atoms with Gasteiger partial charge in [-0.25, -0.2) is 5.43 Å². The SMILES string of the molecule is CCC(C)SC(=S)NNCc1ccccc1. The van der Waals surface area contributed by atoms with Crippen molar-refractivity contribution in [1.29, 1.82) is 0 Å². The molecule has 0 saturated carbocycles. The fourth-order valence-corrected chi connectivity index (χ4v) is 2.34. The zero-order chi connectivity index (χ0) is 11.8. The van der Waals surface area contributed by atoms with Crippen LogP contribution in [0.2, 0.25) is 0 Å². The molecular formula is C12H18N2S2. The summed E-state index contributed by atoms with van der Waals surface area (Å²) >= 11 is 6.89. The fourth-order valence-electron chi connectivity index (χ4n) is 1.11. The highest BCUT2D eigenvalue weighted by molar-refractivity contribution is 8.23. The van der Waals surface area contributed by atoms with Crippen LogP contribution in [0.3, 0.4) is 0 Å². The number of nitrogens with one attached hydrogen (secondary N) is 2. The molecule has 0 amide bonds. The maximum Gasteiger partial charge on any atom is 0.148 e. The highest BCUT2D eigenvalue weighted by atomic mass is 32.2. The first-order chi connectivity index (χ1) is 7.72. The number of benzene rings is 1. The Kier molecular flexibility index (Phi) is 6.45. The van der Waals surface area contributed by atoms with Gasteiger partial charge in [0.1, 0.15) is 4.32 Å². The van der Waals surface area contributed by atoms with Gasteiger partial charge in [0.25, 0.3) is 0 Å². The van der Waals surface area contributed by atoms with Gasteiger partial charge in [-0.1, -0.05) is 68.2 Å². The van der Waals surface area contributed by atoms with Gasteiger partial charge in [0.05, 0.1) is 0 Å². The molecule has 0 aromatic heterocycles. The molecule has 4 heteroatoms. The van der Waals surface area contributed by atoms with Gasteiger partial charge in [-0.2, -0.15) is 0 Å². The normalized spacial score (nSPS) is 12.1. The van der Waals surface area contributed by atoms with Crippen LogP contribution in [0.15, 0.2) is 30.3 Å². The van der Waals surface area contributed by atoms with E-state index < -0.39 is 0 Å². The molecule has 1 unspecified atom stereocenters. The van der Waals surface area contributed by atoms with Gasteiger partial charge in [0.2, 0.25) is 0 Å². The van der Waals surface area contributed by atoms with Crippen LogP contribution in [0, 0.1) is 0 Å². The molecule has 0 radical (unpaired) electrons. The Morgan fingerprint density at radius 1 is 1.38 bits per heavy atom. The van der Waals surface area contributed by atoms with Crippen molar-refractivity contribution in [2.75, 3.05) is 0 Å². The van der Waals surface area contributed by atoms with Gasteiger partial charge in [-0.15, -0.1) is 0 Å². The molecule has 0 aliphatic rings. The lowest BCUT2D eigenvalue weighted by Gasteiger charge is -2.12. The van der Waals surface area contributed by atoms with Crippen LogP contribution in [-0.4, -0.2) is 9.57 Å². The molecule has 1 aromatic rings. The Balaban J connectivity index is 2.18. The first-order valence-corrected chi connectivity index (χ1v) is 6.74. The zero-order valence-electron chi connectivity index (χ0n) is 9.69. The Hall–Kier alpha value is -0.580. The average molecular weight is 254 g/mol. The third-order valence-electron chi connectivity index (χ3n) is 2.21. The molecule has 0 saturated heterocycles. The van der Waals surface area contributed by atoms with Gasteiger partial charge in [-0.3, -0.25) is 0 Å². The lowest BCUT2D eigenvalue weighted by Crippen LogP contribution is -2.34. The fraction of sp³-hybridized carbons (Fsp3) is 0.417. The van der Waals surface area contributed by atoms with E-state index in [2.05, 4.69) is 36.8 Å². The van der Waals surface area contributed by atoms with Crippen molar-refractivity contribution in [3.05, 3.63) is 35.9 Å².